The summed E-state index contributed by atoms with van der Waals surface area (Å²) >= 11 is 0. The van der Waals surface area contributed by atoms with Gasteiger partial charge in [-0.3, -0.25) is 4.90 Å². The Kier molecular flexibility index (Phi) is 7.66. The summed E-state index contributed by atoms with van der Waals surface area (Å²) < 4.78 is 5.77. The molecule has 1 aromatic heterocycles. The highest BCUT2D eigenvalue weighted by atomic mass is 16.6. The van der Waals surface area contributed by atoms with Crippen LogP contribution in [0.5, 0.6) is 0 Å². The molecule has 2 aromatic rings. The van der Waals surface area contributed by atoms with E-state index in [2.05, 4.69) is 34.8 Å². The zero-order chi connectivity index (χ0) is 23.2. The molecule has 7 nitrogen and oxygen atoms in total. The normalized spacial score (nSPS) is 24.8. The zero-order valence-corrected chi connectivity index (χ0v) is 19.7. The first-order valence-corrected chi connectivity index (χ1v) is 12.2. The third-order valence-corrected chi connectivity index (χ3v) is 7.58. The highest BCUT2D eigenvalue weighted by molar-refractivity contribution is 5.67. The van der Waals surface area contributed by atoms with Crippen molar-refractivity contribution in [2.75, 3.05) is 32.8 Å². The van der Waals surface area contributed by atoms with Gasteiger partial charge in [-0.15, -0.1) is 0 Å². The summed E-state index contributed by atoms with van der Waals surface area (Å²) in [5.74, 6) is 1.72. The van der Waals surface area contributed by atoms with E-state index in [1.54, 1.807) is 6.33 Å². The van der Waals surface area contributed by atoms with Crippen LogP contribution in [0, 0.1) is 29.1 Å². The van der Waals surface area contributed by atoms with Gasteiger partial charge >= 0.3 is 6.09 Å². The Bertz CT molecular complexity index is 919. The number of imidazole rings is 1. The minimum Gasteiger partial charge on any atom is -0.449 e. The fourth-order valence-corrected chi connectivity index (χ4v) is 5.38. The molecular weight excluding hydrogens is 414 g/mol. The van der Waals surface area contributed by atoms with Gasteiger partial charge < -0.3 is 14.6 Å². The average molecular weight is 450 g/mol. The van der Waals surface area contributed by atoms with Gasteiger partial charge in [0.25, 0.3) is 0 Å². The number of piperazine rings is 1. The largest absolute Gasteiger partial charge is 0.449 e. The smallest absolute Gasteiger partial charge is 0.409 e. The number of nitriles is 1. The van der Waals surface area contributed by atoms with Crippen molar-refractivity contribution in [2.45, 2.75) is 45.6 Å². The lowest BCUT2D eigenvalue weighted by atomic mass is 9.74. The van der Waals surface area contributed by atoms with Crippen molar-refractivity contribution in [3.63, 3.8) is 0 Å². The second-order valence-corrected chi connectivity index (χ2v) is 9.68. The topological polar surface area (TPSA) is 85.2 Å². The number of nitrogens with one attached hydrogen (secondary N) is 1. The molecular formula is C26H35N5O2. The Morgan fingerprint density at radius 2 is 1.88 bits per heavy atom. The summed E-state index contributed by atoms with van der Waals surface area (Å²) in [4.78, 5) is 24.5. The van der Waals surface area contributed by atoms with Gasteiger partial charge in [-0.25, -0.2) is 9.78 Å². The van der Waals surface area contributed by atoms with Gasteiger partial charge in [0.15, 0.2) is 0 Å². The Balaban J connectivity index is 1.33. The van der Waals surface area contributed by atoms with E-state index in [4.69, 9.17) is 10.00 Å². The lowest BCUT2D eigenvalue weighted by Gasteiger charge is -2.39. The average Bonchev–Trinajstić information content (AvgIpc) is 3.37. The molecule has 4 rings (SSSR count). The van der Waals surface area contributed by atoms with Crippen molar-refractivity contribution in [3.05, 3.63) is 53.6 Å². The molecule has 1 saturated carbocycles. The molecule has 1 aliphatic carbocycles. The number of nitrogens with zero attached hydrogens (tertiary/aromatic N) is 4. The quantitative estimate of drug-likeness (QED) is 0.707. The number of rotatable bonds is 6. The van der Waals surface area contributed by atoms with Gasteiger partial charge in [0.2, 0.25) is 0 Å². The van der Waals surface area contributed by atoms with Crippen LogP contribution in [0.2, 0.25) is 0 Å². The van der Waals surface area contributed by atoms with Crippen molar-refractivity contribution >= 4 is 6.09 Å². The van der Waals surface area contributed by atoms with Crippen molar-refractivity contribution < 1.29 is 9.53 Å². The molecule has 33 heavy (non-hydrogen) atoms. The third-order valence-electron chi connectivity index (χ3n) is 7.58. The maximum absolute atomic E-state index is 12.8. The Hall–Kier alpha value is -2.85. The number of aromatic nitrogens is 2. The van der Waals surface area contributed by atoms with Crippen LogP contribution in [0.1, 0.15) is 56.0 Å². The molecule has 1 saturated heterocycles. The maximum Gasteiger partial charge on any atom is 0.409 e. The molecule has 7 heteroatoms. The number of amides is 1. The van der Waals surface area contributed by atoms with E-state index in [-0.39, 0.29) is 12.1 Å². The van der Waals surface area contributed by atoms with Crippen molar-refractivity contribution in [1.82, 2.24) is 19.8 Å². The Morgan fingerprint density at radius 3 is 2.48 bits per heavy atom. The van der Waals surface area contributed by atoms with Crippen LogP contribution in [-0.4, -0.2) is 58.6 Å². The molecule has 1 amide bonds. The van der Waals surface area contributed by atoms with Gasteiger partial charge in [-0.1, -0.05) is 45.2 Å². The molecule has 176 valence electrons. The predicted octanol–water partition coefficient (Wildman–Crippen LogP) is 4.39. The number of carbonyl (C=O) groups excluding carboxylic acids is 1. The fourth-order valence-electron chi connectivity index (χ4n) is 5.38. The van der Waals surface area contributed by atoms with E-state index in [9.17, 15) is 4.79 Å². The van der Waals surface area contributed by atoms with Gasteiger partial charge in [0, 0.05) is 32.4 Å². The molecule has 1 aromatic carbocycles. The Labute approximate surface area is 196 Å². The van der Waals surface area contributed by atoms with E-state index in [1.807, 2.05) is 35.4 Å². The molecule has 0 radical (unpaired) electrons. The predicted molar refractivity (Wildman–Crippen MR) is 126 cm³/mol. The summed E-state index contributed by atoms with van der Waals surface area (Å²) in [6.45, 7) is 8.00. The molecule has 4 atom stereocenters. The first-order valence-electron chi connectivity index (χ1n) is 12.2. The van der Waals surface area contributed by atoms with E-state index in [0.717, 1.165) is 25.2 Å². The molecule has 2 aliphatic rings. The summed E-state index contributed by atoms with van der Waals surface area (Å²) in [7, 11) is 0. The van der Waals surface area contributed by atoms with Gasteiger partial charge in [0.1, 0.15) is 0 Å². The van der Waals surface area contributed by atoms with E-state index < -0.39 is 0 Å². The van der Waals surface area contributed by atoms with Gasteiger partial charge in [-0.2, -0.15) is 5.26 Å². The molecule has 2 heterocycles. The van der Waals surface area contributed by atoms with Crippen LogP contribution >= 0.6 is 0 Å². The van der Waals surface area contributed by atoms with E-state index in [0.29, 0.717) is 43.0 Å². The lowest BCUT2D eigenvalue weighted by Crippen LogP contribution is -2.50. The number of aromatic amines is 1. The monoisotopic (exact) mass is 449 g/mol. The molecule has 0 spiro atoms. The molecule has 1 unspecified atom stereocenters. The lowest BCUT2D eigenvalue weighted by molar-refractivity contribution is 0.0323. The summed E-state index contributed by atoms with van der Waals surface area (Å²) in [5, 5.41) is 9.06. The summed E-state index contributed by atoms with van der Waals surface area (Å²) in [5.41, 5.74) is 2.91. The maximum atomic E-state index is 12.8. The minimum absolute atomic E-state index is 0.141. The SMILES string of the molecule is C[C@@H]1CCC[C@H](C)C1COC(=O)N1CCN([C@H](Cc2ccc(C#N)cc2)c2cnc[nH]2)CC1. The molecule has 2 fully saturated rings. The standard InChI is InChI=1S/C26H35N5O2/c1-19-4-3-5-20(2)23(19)17-33-26(32)31-12-10-30(11-13-31)25(24-16-28-18-29-24)14-21-6-8-22(15-27)9-7-21/h6-9,16,18-20,23,25H,3-5,10-14,17H2,1-2H3,(H,28,29)/t19-,20+,23?,25-/m1/s1. The molecule has 0 bridgehead atoms. The number of H-pyrrole nitrogens is 1. The number of benzene rings is 1. The molecule has 1 N–H and O–H groups in total. The van der Waals surface area contributed by atoms with Crippen molar-refractivity contribution in [1.29, 1.82) is 5.26 Å². The van der Waals surface area contributed by atoms with E-state index in [1.165, 1.54) is 24.8 Å². The van der Waals surface area contributed by atoms with Crippen molar-refractivity contribution in [3.8, 4) is 6.07 Å². The second kappa shape index (κ2) is 10.8. The zero-order valence-electron chi connectivity index (χ0n) is 19.7. The van der Waals surface area contributed by atoms with Crippen LogP contribution in [0.4, 0.5) is 4.79 Å². The highest BCUT2D eigenvalue weighted by Gasteiger charge is 2.31. The third kappa shape index (κ3) is 5.75. The van der Waals surface area contributed by atoms with Crippen LogP contribution < -0.4 is 0 Å². The van der Waals surface area contributed by atoms with Gasteiger partial charge in [0.05, 0.1) is 36.3 Å². The second-order valence-electron chi connectivity index (χ2n) is 9.68. The van der Waals surface area contributed by atoms with E-state index >= 15 is 0 Å². The van der Waals surface area contributed by atoms with Crippen LogP contribution in [0.25, 0.3) is 0 Å². The summed E-state index contributed by atoms with van der Waals surface area (Å²) in [6.07, 6.45) is 7.98. The fraction of sp³-hybridized carbons (Fsp3) is 0.577. The highest BCUT2D eigenvalue weighted by Crippen LogP contribution is 2.34. The number of carbonyl (C=O) groups is 1. The number of ether oxygens (including phenoxy) is 1. The van der Waals surface area contributed by atoms with Crippen molar-refractivity contribution in [2.24, 2.45) is 17.8 Å². The van der Waals surface area contributed by atoms with Crippen LogP contribution in [0.3, 0.4) is 0 Å². The van der Waals surface area contributed by atoms with Crippen LogP contribution in [-0.2, 0) is 11.2 Å². The minimum atomic E-state index is -0.176. The van der Waals surface area contributed by atoms with Gasteiger partial charge in [-0.05, 0) is 41.9 Å². The Morgan fingerprint density at radius 1 is 1.18 bits per heavy atom. The first-order chi connectivity index (χ1) is 16.0. The van der Waals surface area contributed by atoms with Crippen LogP contribution in [0.15, 0.2) is 36.8 Å². The summed E-state index contributed by atoms with van der Waals surface area (Å²) in [6, 6.07) is 10.1. The number of hydrogen-bond acceptors (Lipinski definition) is 5. The molecule has 1 aliphatic heterocycles. The first kappa shape index (κ1) is 23.3. The number of hydrogen-bond donors (Lipinski definition) is 1.